The van der Waals surface area contributed by atoms with Gasteiger partial charge in [0.2, 0.25) is 0 Å². The van der Waals surface area contributed by atoms with E-state index in [0.29, 0.717) is 10.6 Å². The second-order valence-electron chi connectivity index (χ2n) is 6.57. The first-order chi connectivity index (χ1) is 13.8. The van der Waals surface area contributed by atoms with E-state index in [9.17, 15) is 9.59 Å². The van der Waals surface area contributed by atoms with Crippen LogP contribution in [0.4, 0.5) is 5.00 Å². The van der Waals surface area contributed by atoms with Gasteiger partial charge in [0.1, 0.15) is 15.7 Å². The van der Waals surface area contributed by atoms with Crippen molar-refractivity contribution in [3.63, 3.8) is 0 Å². The maximum Gasteiger partial charge on any atom is 0.341 e. The Morgan fingerprint density at radius 1 is 1.21 bits per heavy atom. The first kappa shape index (κ1) is 21.0. The molecule has 150 valence electrons. The third kappa shape index (κ3) is 4.33. The zero-order valence-electron chi connectivity index (χ0n) is 16.6. The van der Waals surface area contributed by atoms with Crippen LogP contribution in [0.3, 0.4) is 0 Å². The molecule has 2 aromatic heterocycles. The lowest BCUT2D eigenvalue weighted by molar-refractivity contribution is 0.0529. The molecule has 0 aliphatic heterocycles. The average Bonchev–Trinajstić information content (AvgIpc) is 2.99. The Morgan fingerprint density at radius 3 is 2.66 bits per heavy atom. The number of halogens is 1. The number of nitrogens with one attached hydrogen (secondary N) is 1. The highest BCUT2D eigenvalue weighted by atomic mass is 35.5. The Hall–Kier alpha value is -2.70. The normalized spacial score (nSPS) is 10.7. The number of ether oxygens (including phenoxy) is 1. The second kappa shape index (κ2) is 8.76. The summed E-state index contributed by atoms with van der Waals surface area (Å²) in [4.78, 5) is 30.5. The number of pyridine rings is 1. The monoisotopic (exact) mass is 428 g/mol. The summed E-state index contributed by atoms with van der Waals surface area (Å²) in [5.41, 5.74) is 4.44. The van der Waals surface area contributed by atoms with Crippen LogP contribution in [0.2, 0.25) is 5.15 Å². The van der Waals surface area contributed by atoms with Gasteiger partial charge >= 0.3 is 5.97 Å². The molecular weight excluding hydrogens is 408 g/mol. The number of esters is 1. The standard InChI is InChI=1S/C22H21ClN2O3S/c1-5-28-22(27)18-17(16-11-12(2)8-9-13(16)3)14(4)29-21(18)25-20(26)15-7-6-10-24-19(15)23/h6-11H,5H2,1-4H3,(H,25,26). The van der Waals surface area contributed by atoms with Crippen molar-refractivity contribution in [2.75, 3.05) is 11.9 Å². The van der Waals surface area contributed by atoms with Gasteiger partial charge in [0.15, 0.2) is 0 Å². The van der Waals surface area contributed by atoms with Crippen LogP contribution < -0.4 is 5.32 Å². The van der Waals surface area contributed by atoms with Gasteiger partial charge in [-0.05, 0) is 51.0 Å². The van der Waals surface area contributed by atoms with Crippen molar-refractivity contribution in [2.24, 2.45) is 0 Å². The van der Waals surface area contributed by atoms with E-state index in [2.05, 4.69) is 10.3 Å². The molecule has 0 atom stereocenters. The SMILES string of the molecule is CCOC(=O)c1c(NC(=O)c2cccnc2Cl)sc(C)c1-c1cc(C)ccc1C. The first-order valence-corrected chi connectivity index (χ1v) is 10.3. The first-order valence-electron chi connectivity index (χ1n) is 9.13. The van der Waals surface area contributed by atoms with Crippen molar-refractivity contribution in [3.05, 3.63) is 68.8 Å². The number of aryl methyl sites for hydroxylation is 3. The van der Waals surface area contributed by atoms with Crippen LogP contribution in [0.1, 0.15) is 43.6 Å². The minimum Gasteiger partial charge on any atom is -0.462 e. The Bertz CT molecular complexity index is 1090. The van der Waals surface area contributed by atoms with Crippen LogP contribution in [0.15, 0.2) is 36.5 Å². The molecule has 0 aliphatic rings. The molecule has 0 saturated heterocycles. The summed E-state index contributed by atoms with van der Waals surface area (Å²) in [5.74, 6) is -0.900. The molecule has 29 heavy (non-hydrogen) atoms. The van der Waals surface area contributed by atoms with Crippen molar-refractivity contribution in [3.8, 4) is 11.1 Å². The van der Waals surface area contributed by atoms with Crippen molar-refractivity contribution in [1.82, 2.24) is 4.98 Å². The van der Waals surface area contributed by atoms with Gasteiger partial charge in [-0.1, -0.05) is 35.4 Å². The fourth-order valence-electron chi connectivity index (χ4n) is 3.09. The minimum absolute atomic E-state index is 0.103. The largest absolute Gasteiger partial charge is 0.462 e. The molecule has 3 aromatic rings. The van der Waals surface area contributed by atoms with Gasteiger partial charge < -0.3 is 10.1 Å². The molecule has 2 heterocycles. The van der Waals surface area contributed by atoms with Gasteiger partial charge in [0.25, 0.3) is 5.91 Å². The summed E-state index contributed by atoms with van der Waals surface area (Å²) < 4.78 is 5.30. The van der Waals surface area contributed by atoms with E-state index in [-0.39, 0.29) is 17.3 Å². The van der Waals surface area contributed by atoms with Gasteiger partial charge in [0.05, 0.1) is 12.2 Å². The number of carbonyl (C=O) groups excluding carboxylic acids is 2. The predicted octanol–water partition coefficient (Wildman–Crippen LogP) is 5.82. The Labute approximate surface area is 178 Å². The van der Waals surface area contributed by atoms with Crippen LogP contribution in [-0.4, -0.2) is 23.5 Å². The van der Waals surface area contributed by atoms with E-state index in [1.165, 1.54) is 17.5 Å². The molecule has 0 bridgehead atoms. The van der Waals surface area contributed by atoms with E-state index in [4.69, 9.17) is 16.3 Å². The zero-order valence-corrected chi connectivity index (χ0v) is 18.2. The van der Waals surface area contributed by atoms with E-state index in [0.717, 1.165) is 27.1 Å². The van der Waals surface area contributed by atoms with Crippen molar-refractivity contribution < 1.29 is 14.3 Å². The fourth-order valence-corrected chi connectivity index (χ4v) is 4.34. The molecular formula is C22H21ClN2O3S. The molecule has 5 nitrogen and oxygen atoms in total. The number of thiophene rings is 1. The van der Waals surface area contributed by atoms with Gasteiger partial charge in [-0.3, -0.25) is 4.79 Å². The molecule has 1 aromatic carbocycles. The van der Waals surface area contributed by atoms with E-state index in [1.807, 2.05) is 39.0 Å². The zero-order chi connectivity index (χ0) is 21.1. The number of aromatic nitrogens is 1. The van der Waals surface area contributed by atoms with Gasteiger partial charge in [-0.15, -0.1) is 11.3 Å². The van der Waals surface area contributed by atoms with Gasteiger partial charge in [-0.25, -0.2) is 9.78 Å². The van der Waals surface area contributed by atoms with Crippen LogP contribution in [0.25, 0.3) is 11.1 Å². The van der Waals surface area contributed by atoms with E-state index < -0.39 is 11.9 Å². The highest BCUT2D eigenvalue weighted by Crippen LogP contribution is 2.42. The molecule has 1 N–H and O–H groups in total. The van der Waals surface area contributed by atoms with Crippen molar-refractivity contribution in [1.29, 1.82) is 0 Å². The maximum atomic E-state index is 12.8. The number of carbonyl (C=O) groups is 2. The van der Waals surface area contributed by atoms with Crippen LogP contribution in [-0.2, 0) is 4.74 Å². The highest BCUT2D eigenvalue weighted by molar-refractivity contribution is 7.17. The summed E-state index contributed by atoms with van der Waals surface area (Å²) >= 11 is 7.38. The summed E-state index contributed by atoms with van der Waals surface area (Å²) in [6, 6.07) is 9.30. The molecule has 3 rings (SSSR count). The van der Waals surface area contributed by atoms with E-state index >= 15 is 0 Å². The molecule has 1 amide bonds. The van der Waals surface area contributed by atoms with Gasteiger partial charge in [0, 0.05) is 16.6 Å². The van der Waals surface area contributed by atoms with Crippen LogP contribution in [0.5, 0.6) is 0 Å². The second-order valence-corrected chi connectivity index (χ2v) is 8.15. The predicted molar refractivity (Wildman–Crippen MR) is 117 cm³/mol. The van der Waals surface area contributed by atoms with Gasteiger partial charge in [-0.2, -0.15) is 0 Å². The maximum absolute atomic E-state index is 12.8. The Kier molecular flexibility index (Phi) is 6.35. The summed E-state index contributed by atoms with van der Waals surface area (Å²) in [6.07, 6.45) is 1.51. The van der Waals surface area contributed by atoms with Crippen molar-refractivity contribution >= 4 is 39.8 Å². The lowest BCUT2D eigenvalue weighted by Crippen LogP contribution is -2.15. The third-order valence-electron chi connectivity index (χ3n) is 4.46. The highest BCUT2D eigenvalue weighted by Gasteiger charge is 2.27. The minimum atomic E-state index is -0.472. The average molecular weight is 429 g/mol. The Morgan fingerprint density at radius 2 is 1.97 bits per heavy atom. The number of amides is 1. The number of nitrogens with zero attached hydrogens (tertiary/aromatic N) is 1. The summed E-state index contributed by atoms with van der Waals surface area (Å²) in [5, 5.41) is 3.36. The number of hydrogen-bond acceptors (Lipinski definition) is 5. The van der Waals surface area contributed by atoms with E-state index in [1.54, 1.807) is 19.1 Å². The molecule has 0 fully saturated rings. The molecule has 0 spiro atoms. The summed E-state index contributed by atoms with van der Waals surface area (Å²) in [7, 11) is 0. The molecule has 7 heteroatoms. The fraction of sp³-hybridized carbons (Fsp3) is 0.227. The lowest BCUT2D eigenvalue weighted by Gasteiger charge is -2.12. The smallest absolute Gasteiger partial charge is 0.341 e. The quantitative estimate of drug-likeness (QED) is 0.410. The number of anilines is 1. The number of rotatable bonds is 5. The van der Waals surface area contributed by atoms with Crippen molar-refractivity contribution in [2.45, 2.75) is 27.7 Å². The molecule has 0 unspecified atom stereocenters. The number of benzene rings is 1. The molecule has 0 aliphatic carbocycles. The third-order valence-corrected chi connectivity index (χ3v) is 5.78. The van der Waals surface area contributed by atoms with Crippen LogP contribution >= 0.6 is 22.9 Å². The van der Waals surface area contributed by atoms with Crippen LogP contribution in [0, 0.1) is 20.8 Å². The Balaban J connectivity index is 2.13. The molecule has 0 radical (unpaired) electrons. The summed E-state index contributed by atoms with van der Waals surface area (Å²) in [6.45, 7) is 7.91. The molecule has 0 saturated carbocycles. The topological polar surface area (TPSA) is 68.3 Å². The lowest BCUT2D eigenvalue weighted by atomic mass is 9.95. The number of hydrogen-bond donors (Lipinski definition) is 1.